The predicted molar refractivity (Wildman–Crippen MR) is 211 cm³/mol. The van der Waals surface area contributed by atoms with Gasteiger partial charge in [-0.3, -0.25) is 9.55 Å². The Morgan fingerprint density at radius 3 is 1.61 bits per heavy atom. The van der Waals surface area contributed by atoms with Crippen molar-refractivity contribution in [3.8, 4) is 39.3 Å². The maximum absolute atomic E-state index is 5.38. The van der Waals surface area contributed by atoms with Crippen LogP contribution in [0.1, 0.15) is 0 Å². The molecular weight excluding hydrogens is 552 g/mol. The highest BCUT2D eigenvalue weighted by Crippen LogP contribution is 2.43. The van der Waals surface area contributed by atoms with Gasteiger partial charge in [-0.05, 0) is 51.2 Å². The molecule has 0 bridgehead atoms. The van der Waals surface area contributed by atoms with Crippen molar-refractivity contribution in [3.05, 3.63) is 122 Å². The zero-order valence-electron chi connectivity index (χ0n) is 26.9. The standard InChI is InChI=1S/C38H30B5N3/c39-32-31(33(40)35(42)36(43)34(32)41)38-45-28-13-5-6-14-29(28)46(38)37-26-11-3-1-9-24(26)30(25-10-2-4-12-27(25)37)22-17-15-21(16-18-22)23-8-7-19-44-20-23/h1-20H,39-43H2. The molecule has 0 radical (unpaired) electrons. The van der Waals surface area contributed by atoms with Gasteiger partial charge in [0.25, 0.3) is 0 Å². The molecule has 46 heavy (non-hydrogen) atoms. The average Bonchev–Trinajstić information content (AvgIpc) is 3.48. The lowest BCUT2D eigenvalue weighted by Crippen LogP contribution is -2.55. The quantitative estimate of drug-likeness (QED) is 0.229. The third-order valence-electron chi connectivity index (χ3n) is 10.1. The second-order valence-electron chi connectivity index (χ2n) is 12.4. The van der Waals surface area contributed by atoms with Crippen LogP contribution in [0.4, 0.5) is 0 Å². The monoisotopic (exact) mass is 583 g/mol. The van der Waals surface area contributed by atoms with E-state index in [4.69, 9.17) is 4.98 Å². The first-order valence-corrected chi connectivity index (χ1v) is 15.9. The Hall–Kier alpha value is -5.22. The Morgan fingerprint density at radius 2 is 1.00 bits per heavy atom. The van der Waals surface area contributed by atoms with Crippen LogP contribution in [0.2, 0.25) is 0 Å². The largest absolute Gasteiger partial charge is 0.291 e. The van der Waals surface area contributed by atoms with Crippen molar-refractivity contribution in [2.75, 3.05) is 0 Å². The number of hydrogen-bond donors (Lipinski definition) is 0. The highest BCUT2D eigenvalue weighted by atomic mass is 15.1. The van der Waals surface area contributed by atoms with Gasteiger partial charge in [-0.15, -0.1) is 16.4 Å². The zero-order chi connectivity index (χ0) is 31.5. The number of hydrogen-bond acceptors (Lipinski definition) is 2. The van der Waals surface area contributed by atoms with Gasteiger partial charge in [-0.25, -0.2) is 4.98 Å². The Labute approximate surface area is 273 Å². The van der Waals surface area contributed by atoms with Crippen LogP contribution in [-0.4, -0.2) is 53.8 Å². The molecule has 8 heteroatoms. The van der Waals surface area contributed by atoms with Gasteiger partial charge in [0.05, 0.1) is 16.7 Å². The highest BCUT2D eigenvalue weighted by Gasteiger charge is 2.24. The van der Waals surface area contributed by atoms with Gasteiger partial charge in [0.15, 0.2) is 0 Å². The number of para-hydroxylation sites is 2. The summed E-state index contributed by atoms with van der Waals surface area (Å²) in [6.45, 7) is 0. The van der Waals surface area contributed by atoms with Crippen molar-refractivity contribution in [2.45, 2.75) is 0 Å². The molecule has 0 spiro atoms. The first-order valence-electron chi connectivity index (χ1n) is 15.9. The van der Waals surface area contributed by atoms with Crippen LogP contribution in [0.5, 0.6) is 0 Å². The topological polar surface area (TPSA) is 30.7 Å². The normalized spacial score (nSPS) is 11.5. The van der Waals surface area contributed by atoms with Crippen molar-refractivity contribution in [1.82, 2.24) is 14.5 Å². The van der Waals surface area contributed by atoms with Crippen LogP contribution in [0.25, 0.3) is 71.9 Å². The van der Waals surface area contributed by atoms with Gasteiger partial charge in [0.2, 0.25) is 0 Å². The van der Waals surface area contributed by atoms with E-state index in [0.717, 1.165) is 28.0 Å². The number of benzene rings is 6. The van der Waals surface area contributed by atoms with E-state index in [1.54, 1.807) is 0 Å². The fourth-order valence-corrected chi connectivity index (χ4v) is 7.28. The van der Waals surface area contributed by atoms with Crippen LogP contribution in [0.3, 0.4) is 0 Å². The molecule has 0 amide bonds. The molecule has 8 aromatic rings. The van der Waals surface area contributed by atoms with E-state index in [2.05, 4.69) is 152 Å². The molecule has 0 saturated carbocycles. The fraction of sp³-hybridized carbons (Fsp3) is 0. The molecular formula is C38H30B5N3. The second kappa shape index (κ2) is 11.0. The minimum atomic E-state index is 0.992. The summed E-state index contributed by atoms with van der Waals surface area (Å²) < 4.78 is 2.43. The van der Waals surface area contributed by atoms with E-state index in [-0.39, 0.29) is 0 Å². The Morgan fingerprint density at radius 1 is 0.457 bits per heavy atom. The van der Waals surface area contributed by atoms with Gasteiger partial charge in [0.1, 0.15) is 45.1 Å². The number of fused-ring (bicyclic) bond motifs is 3. The summed E-state index contributed by atoms with van der Waals surface area (Å²) in [7, 11) is 11.2. The van der Waals surface area contributed by atoms with Crippen molar-refractivity contribution in [1.29, 1.82) is 0 Å². The van der Waals surface area contributed by atoms with Crippen LogP contribution >= 0.6 is 0 Å². The smallest absolute Gasteiger partial charge is 0.144 e. The number of aromatic nitrogens is 3. The molecule has 0 aliphatic heterocycles. The third kappa shape index (κ3) is 4.28. The molecule has 3 nitrogen and oxygen atoms in total. The molecule has 2 heterocycles. The summed E-state index contributed by atoms with van der Waals surface area (Å²) in [6, 6.07) is 39.3. The molecule has 2 aromatic heterocycles. The number of pyridine rings is 1. The highest BCUT2D eigenvalue weighted by molar-refractivity contribution is 6.68. The number of nitrogens with zero attached hydrogens (tertiary/aromatic N) is 3. The number of imidazole rings is 1. The average molecular weight is 583 g/mol. The number of rotatable bonds is 4. The lowest BCUT2D eigenvalue weighted by atomic mass is 9.60. The van der Waals surface area contributed by atoms with E-state index in [0.29, 0.717) is 0 Å². The Kier molecular flexibility index (Phi) is 6.76. The molecule has 0 N–H and O–H groups in total. The third-order valence-corrected chi connectivity index (χ3v) is 10.1. The minimum absolute atomic E-state index is 0.992. The molecule has 8 rings (SSSR count). The molecule has 0 aliphatic carbocycles. The van der Waals surface area contributed by atoms with Crippen LogP contribution in [0, 0.1) is 0 Å². The summed E-state index contributed by atoms with van der Waals surface area (Å²) in [5.41, 5.74) is 15.8. The van der Waals surface area contributed by atoms with Crippen molar-refractivity contribution < 1.29 is 0 Å². The lowest BCUT2D eigenvalue weighted by Gasteiger charge is -2.23. The molecule has 212 valence electrons. The summed E-state index contributed by atoms with van der Waals surface area (Å²) in [6.07, 6.45) is 3.73. The summed E-state index contributed by atoms with van der Waals surface area (Å²) in [4.78, 5) is 9.71. The molecule has 0 aliphatic rings. The van der Waals surface area contributed by atoms with Crippen molar-refractivity contribution in [3.63, 3.8) is 0 Å². The molecule has 6 aromatic carbocycles. The van der Waals surface area contributed by atoms with E-state index < -0.39 is 0 Å². The molecule has 0 atom stereocenters. The Balaban J connectivity index is 1.48. The first kappa shape index (κ1) is 28.3. The molecule has 0 saturated heterocycles. The van der Waals surface area contributed by atoms with E-state index in [9.17, 15) is 0 Å². The van der Waals surface area contributed by atoms with Gasteiger partial charge in [-0.1, -0.05) is 102 Å². The van der Waals surface area contributed by atoms with Gasteiger partial charge in [0, 0.05) is 28.7 Å². The predicted octanol–water partition coefficient (Wildman–Crippen LogP) is 1.02. The summed E-state index contributed by atoms with van der Waals surface area (Å²) in [5.74, 6) is 0.992. The first-order chi connectivity index (χ1) is 22.4. The van der Waals surface area contributed by atoms with E-state index >= 15 is 0 Å². The maximum Gasteiger partial charge on any atom is 0.144 e. The van der Waals surface area contributed by atoms with Gasteiger partial charge < -0.3 is 0 Å². The molecule has 0 unspecified atom stereocenters. The zero-order valence-corrected chi connectivity index (χ0v) is 26.9. The fourth-order valence-electron chi connectivity index (χ4n) is 7.28. The SMILES string of the molecule is Bc1c(B)c(B)c(-c2nc3ccccc3n2-c2c3ccccc3c(-c3ccc(-c4cccnc4)cc3)c3ccccc23)c(B)c1B. The van der Waals surface area contributed by atoms with E-state index in [1.807, 2.05) is 18.5 Å². The van der Waals surface area contributed by atoms with E-state index in [1.165, 1.54) is 71.2 Å². The van der Waals surface area contributed by atoms with Crippen LogP contribution < -0.4 is 27.3 Å². The van der Waals surface area contributed by atoms with Gasteiger partial charge >= 0.3 is 0 Å². The summed E-state index contributed by atoms with van der Waals surface area (Å²) in [5, 5.41) is 4.85. The Bertz CT molecular complexity index is 2390. The maximum atomic E-state index is 5.38. The van der Waals surface area contributed by atoms with Crippen LogP contribution in [0.15, 0.2) is 122 Å². The van der Waals surface area contributed by atoms with Crippen molar-refractivity contribution in [2.24, 2.45) is 0 Å². The summed E-state index contributed by atoms with van der Waals surface area (Å²) >= 11 is 0. The molecule has 0 fully saturated rings. The van der Waals surface area contributed by atoms with Gasteiger partial charge in [-0.2, -0.15) is 0 Å². The second-order valence-corrected chi connectivity index (χ2v) is 12.4. The minimum Gasteiger partial charge on any atom is -0.291 e. The van der Waals surface area contributed by atoms with Crippen molar-refractivity contribution >= 4 is 99.1 Å². The lowest BCUT2D eigenvalue weighted by molar-refractivity contribution is 1.13. The van der Waals surface area contributed by atoms with Crippen LogP contribution in [-0.2, 0) is 0 Å².